The number of likely N-dealkylation sites (tertiary alicyclic amines) is 2. The number of benzene rings is 2. The zero-order chi connectivity index (χ0) is 30.8. The first-order valence-electron chi connectivity index (χ1n) is 15.4. The van der Waals surface area contributed by atoms with Gasteiger partial charge in [0.25, 0.3) is 0 Å². The zero-order valence-corrected chi connectivity index (χ0v) is 27.3. The fourth-order valence-electron chi connectivity index (χ4n) is 7.96. The van der Waals surface area contributed by atoms with E-state index in [-0.39, 0.29) is 46.3 Å². The minimum Gasteiger partial charge on any atom is -0.351 e. The monoisotopic (exact) mass is 595 g/mol. The lowest BCUT2D eigenvalue weighted by atomic mass is 9.71. The van der Waals surface area contributed by atoms with E-state index in [1.807, 2.05) is 30.9 Å². The molecule has 2 aromatic rings. The van der Waals surface area contributed by atoms with Crippen molar-refractivity contribution in [3.63, 3.8) is 0 Å². The minimum atomic E-state index is -0.414. The van der Waals surface area contributed by atoms with Crippen LogP contribution in [0.5, 0.6) is 0 Å². The van der Waals surface area contributed by atoms with Crippen molar-refractivity contribution in [3.8, 4) is 0 Å². The van der Waals surface area contributed by atoms with Crippen LogP contribution in [0.2, 0.25) is 5.02 Å². The Morgan fingerprint density at radius 2 is 1.67 bits per heavy atom. The average molecular weight is 596 g/mol. The Hall–Kier alpha value is -2.44. The molecule has 0 aromatic heterocycles. The molecule has 1 spiro atoms. The predicted octanol–water partition coefficient (Wildman–Crippen LogP) is 6.87. The summed E-state index contributed by atoms with van der Waals surface area (Å²) < 4.78 is 15.2. The first-order valence-corrected chi connectivity index (χ1v) is 15.8. The number of carbonyl (C=O) groups is 2. The number of hydrogen-bond donors (Lipinski definition) is 1. The molecule has 2 fully saturated rings. The molecule has 0 bridgehead atoms. The van der Waals surface area contributed by atoms with Crippen LogP contribution in [0.3, 0.4) is 0 Å². The summed E-state index contributed by atoms with van der Waals surface area (Å²) in [7, 11) is 0. The van der Waals surface area contributed by atoms with Crippen LogP contribution in [-0.4, -0.2) is 58.9 Å². The van der Waals surface area contributed by atoms with E-state index in [2.05, 4.69) is 57.0 Å². The molecule has 42 heavy (non-hydrogen) atoms. The standard InChI is InChI=1S/C35H47ClFN3O2/c1-21-9-10-24(31(37)15-21)26-19-40(33(4,5)6)20-27(26)32(42)39-13-11-35(12-14-39)18-29(34(7,8)38-23(3)41)25-16-22(2)30(36)17-28(25)35/h9-10,15-17,26-27,29H,11-14,18-20H2,1-8H3,(H,38,41)/t26-,27+,29+/m0/s1. The van der Waals surface area contributed by atoms with Crippen molar-refractivity contribution in [2.75, 3.05) is 26.2 Å². The Morgan fingerprint density at radius 1 is 1.00 bits per heavy atom. The van der Waals surface area contributed by atoms with Gasteiger partial charge in [-0.15, -0.1) is 0 Å². The van der Waals surface area contributed by atoms with Gasteiger partial charge < -0.3 is 10.2 Å². The Labute approximate surface area is 256 Å². The van der Waals surface area contributed by atoms with E-state index in [9.17, 15) is 9.59 Å². The molecule has 0 radical (unpaired) electrons. The van der Waals surface area contributed by atoms with Gasteiger partial charge in [-0.2, -0.15) is 0 Å². The predicted molar refractivity (Wildman–Crippen MR) is 168 cm³/mol. The number of nitrogens with one attached hydrogen (secondary N) is 1. The number of fused-ring (bicyclic) bond motifs is 2. The van der Waals surface area contributed by atoms with Gasteiger partial charge in [-0.05, 0) is 113 Å². The van der Waals surface area contributed by atoms with Crippen molar-refractivity contribution < 1.29 is 14.0 Å². The molecule has 2 aromatic carbocycles. The fourth-order valence-corrected chi connectivity index (χ4v) is 8.12. The summed E-state index contributed by atoms with van der Waals surface area (Å²) in [6.07, 6.45) is 2.60. The SMILES string of the molecule is CC(=O)NC(C)(C)[C@@H]1CC2(CCN(C(=O)[C@@H]3CN(C(C)(C)C)C[C@H]3c3ccc(C)cc3F)CC2)c2cc(Cl)c(C)cc21. The molecular weight excluding hydrogens is 549 g/mol. The van der Waals surface area contributed by atoms with E-state index in [4.69, 9.17) is 11.6 Å². The fraction of sp³-hybridized carbons (Fsp3) is 0.600. The Kier molecular flexibility index (Phi) is 8.06. The summed E-state index contributed by atoms with van der Waals surface area (Å²) in [5.41, 5.74) is 4.50. The summed E-state index contributed by atoms with van der Waals surface area (Å²) in [6, 6.07) is 9.77. The van der Waals surface area contributed by atoms with Crippen molar-refractivity contribution in [3.05, 3.63) is 69.0 Å². The topological polar surface area (TPSA) is 52.7 Å². The van der Waals surface area contributed by atoms with Gasteiger partial charge in [0.1, 0.15) is 5.82 Å². The number of aryl methyl sites for hydroxylation is 2. The van der Waals surface area contributed by atoms with Crippen molar-refractivity contribution in [2.45, 2.75) is 103 Å². The quantitative estimate of drug-likeness (QED) is 0.420. The summed E-state index contributed by atoms with van der Waals surface area (Å²) in [5, 5.41) is 3.96. The van der Waals surface area contributed by atoms with E-state index in [0.29, 0.717) is 31.7 Å². The molecule has 1 N–H and O–H groups in total. The van der Waals surface area contributed by atoms with Crippen molar-refractivity contribution in [1.82, 2.24) is 15.1 Å². The summed E-state index contributed by atoms with van der Waals surface area (Å²) >= 11 is 6.68. The number of rotatable bonds is 4. The van der Waals surface area contributed by atoms with Crippen LogP contribution >= 0.6 is 11.6 Å². The molecule has 1 aliphatic carbocycles. The normalized spacial score (nSPS) is 24.2. The molecule has 2 amide bonds. The molecule has 2 aliphatic heterocycles. The highest BCUT2D eigenvalue weighted by atomic mass is 35.5. The van der Waals surface area contributed by atoms with Crippen LogP contribution in [0.1, 0.15) is 100 Å². The third kappa shape index (κ3) is 5.61. The highest BCUT2D eigenvalue weighted by Gasteiger charge is 2.52. The van der Waals surface area contributed by atoms with Crippen LogP contribution in [0.15, 0.2) is 30.3 Å². The number of carbonyl (C=O) groups excluding carboxylic acids is 2. The maximum absolute atomic E-state index is 15.2. The number of amides is 2. The summed E-state index contributed by atoms with van der Waals surface area (Å²) in [4.78, 5) is 30.7. The highest BCUT2D eigenvalue weighted by molar-refractivity contribution is 6.31. The Balaban J connectivity index is 1.40. The summed E-state index contributed by atoms with van der Waals surface area (Å²) in [6.45, 7) is 18.8. The molecule has 5 nitrogen and oxygen atoms in total. The van der Waals surface area contributed by atoms with Crippen molar-refractivity contribution >= 4 is 23.4 Å². The van der Waals surface area contributed by atoms with Crippen LogP contribution in [0.4, 0.5) is 4.39 Å². The first-order chi connectivity index (χ1) is 19.5. The van der Waals surface area contributed by atoms with Gasteiger partial charge in [0.05, 0.1) is 5.92 Å². The molecule has 3 atom stereocenters. The second-order valence-electron chi connectivity index (χ2n) is 14.8. The van der Waals surface area contributed by atoms with Gasteiger partial charge in [0, 0.05) is 61.0 Å². The second kappa shape index (κ2) is 10.9. The molecule has 228 valence electrons. The molecule has 5 rings (SSSR count). The van der Waals surface area contributed by atoms with Crippen molar-refractivity contribution in [2.24, 2.45) is 5.92 Å². The lowest BCUT2D eigenvalue weighted by Crippen LogP contribution is -2.49. The number of halogens is 2. The molecule has 0 saturated carbocycles. The smallest absolute Gasteiger partial charge is 0.227 e. The molecule has 0 unspecified atom stereocenters. The van der Waals surface area contributed by atoms with Gasteiger partial charge in [0.2, 0.25) is 11.8 Å². The van der Waals surface area contributed by atoms with Crippen molar-refractivity contribution in [1.29, 1.82) is 0 Å². The number of piperidine rings is 1. The van der Waals surface area contributed by atoms with Gasteiger partial charge in [-0.1, -0.05) is 29.8 Å². The molecule has 2 saturated heterocycles. The van der Waals surface area contributed by atoms with Gasteiger partial charge in [-0.25, -0.2) is 4.39 Å². The third-order valence-corrected chi connectivity index (χ3v) is 10.8. The van der Waals surface area contributed by atoms with E-state index in [1.165, 1.54) is 11.1 Å². The van der Waals surface area contributed by atoms with Gasteiger partial charge in [-0.3, -0.25) is 14.5 Å². The average Bonchev–Trinajstić information content (AvgIpc) is 3.45. The lowest BCUT2D eigenvalue weighted by Gasteiger charge is -2.42. The Morgan fingerprint density at radius 3 is 2.26 bits per heavy atom. The Bertz CT molecular complexity index is 1390. The highest BCUT2D eigenvalue weighted by Crippen LogP contribution is 2.56. The van der Waals surface area contributed by atoms with Crippen LogP contribution in [0.25, 0.3) is 0 Å². The maximum Gasteiger partial charge on any atom is 0.227 e. The largest absolute Gasteiger partial charge is 0.351 e. The molecule has 7 heteroatoms. The van der Waals surface area contributed by atoms with Crippen LogP contribution in [0, 0.1) is 25.6 Å². The molecule has 2 heterocycles. The van der Waals surface area contributed by atoms with E-state index in [0.717, 1.165) is 35.4 Å². The number of nitrogens with zero attached hydrogens (tertiary/aromatic N) is 2. The first kappa shape index (κ1) is 31.0. The lowest BCUT2D eigenvalue weighted by molar-refractivity contribution is -0.137. The summed E-state index contributed by atoms with van der Waals surface area (Å²) in [5.74, 6) is -0.418. The minimum absolute atomic E-state index is 0.0333. The van der Waals surface area contributed by atoms with Crippen LogP contribution in [-0.2, 0) is 15.0 Å². The van der Waals surface area contributed by atoms with E-state index >= 15 is 4.39 Å². The molecular formula is C35H47ClFN3O2. The molecule has 3 aliphatic rings. The third-order valence-electron chi connectivity index (χ3n) is 10.4. The van der Waals surface area contributed by atoms with Crippen LogP contribution < -0.4 is 5.32 Å². The van der Waals surface area contributed by atoms with E-state index in [1.54, 1.807) is 13.0 Å². The number of hydrogen-bond acceptors (Lipinski definition) is 3. The maximum atomic E-state index is 15.2. The van der Waals surface area contributed by atoms with Gasteiger partial charge >= 0.3 is 0 Å². The van der Waals surface area contributed by atoms with Gasteiger partial charge in [0.15, 0.2) is 0 Å². The van der Waals surface area contributed by atoms with E-state index < -0.39 is 5.54 Å². The zero-order valence-electron chi connectivity index (χ0n) is 26.5. The second-order valence-corrected chi connectivity index (χ2v) is 15.2.